The molecular formula is C12H18N2O2. The number of likely N-dealkylation sites (N-methyl/N-ethyl adjacent to an activating group) is 2. The molecule has 0 bridgehead atoms. The van der Waals surface area contributed by atoms with Crippen LogP contribution < -0.4 is 19.7 Å². The van der Waals surface area contributed by atoms with Crippen LogP contribution in [0.4, 0.5) is 5.69 Å². The minimum atomic E-state index is 0.365. The normalized spacial score (nSPS) is 18.9. The van der Waals surface area contributed by atoms with Gasteiger partial charge in [0.2, 0.25) is 0 Å². The summed E-state index contributed by atoms with van der Waals surface area (Å²) in [6, 6.07) is 6.26. The number of anilines is 1. The summed E-state index contributed by atoms with van der Waals surface area (Å²) < 4.78 is 10.9. The lowest BCUT2D eigenvalue weighted by molar-refractivity contribution is 0.264. The molecule has 0 spiro atoms. The third kappa shape index (κ3) is 1.93. The molecule has 1 aromatic rings. The monoisotopic (exact) mass is 222 g/mol. The molecule has 2 rings (SSSR count). The third-order valence-corrected chi connectivity index (χ3v) is 2.96. The second-order valence-electron chi connectivity index (χ2n) is 3.97. The number of ether oxygens (including phenoxy) is 2. The Morgan fingerprint density at radius 1 is 1.56 bits per heavy atom. The number of hydrogen-bond acceptors (Lipinski definition) is 4. The number of benzene rings is 1. The van der Waals surface area contributed by atoms with Crippen molar-refractivity contribution in [1.82, 2.24) is 5.32 Å². The maximum absolute atomic E-state index is 5.72. The maximum Gasteiger partial charge on any atom is 0.142 e. The second kappa shape index (κ2) is 4.61. The summed E-state index contributed by atoms with van der Waals surface area (Å²) in [7, 11) is 5.72. The Balaban J connectivity index is 2.27. The van der Waals surface area contributed by atoms with E-state index in [4.69, 9.17) is 9.47 Å². The van der Waals surface area contributed by atoms with Crippen molar-refractivity contribution in [1.29, 1.82) is 0 Å². The van der Waals surface area contributed by atoms with Crippen molar-refractivity contribution in [3.8, 4) is 11.5 Å². The first kappa shape index (κ1) is 11.1. The third-order valence-electron chi connectivity index (χ3n) is 2.96. The zero-order valence-electron chi connectivity index (χ0n) is 9.99. The van der Waals surface area contributed by atoms with Crippen LogP contribution in [0.25, 0.3) is 0 Å². The van der Waals surface area contributed by atoms with Crippen molar-refractivity contribution < 1.29 is 9.47 Å². The number of methoxy groups -OCH3 is 1. The van der Waals surface area contributed by atoms with Gasteiger partial charge in [0.05, 0.1) is 18.8 Å². The van der Waals surface area contributed by atoms with Gasteiger partial charge in [-0.3, -0.25) is 0 Å². The van der Waals surface area contributed by atoms with Crippen LogP contribution in [0.5, 0.6) is 11.5 Å². The largest absolute Gasteiger partial charge is 0.497 e. The first-order valence-electron chi connectivity index (χ1n) is 5.44. The fraction of sp³-hybridized carbons (Fsp3) is 0.500. The summed E-state index contributed by atoms with van der Waals surface area (Å²) >= 11 is 0. The zero-order valence-corrected chi connectivity index (χ0v) is 9.99. The van der Waals surface area contributed by atoms with Gasteiger partial charge in [-0.25, -0.2) is 0 Å². The van der Waals surface area contributed by atoms with Crippen LogP contribution in [0.1, 0.15) is 0 Å². The van der Waals surface area contributed by atoms with Crippen LogP contribution in [0, 0.1) is 0 Å². The predicted octanol–water partition coefficient (Wildman–Crippen LogP) is 1.11. The van der Waals surface area contributed by atoms with Crippen LogP contribution >= 0.6 is 0 Å². The van der Waals surface area contributed by atoms with Crippen molar-refractivity contribution in [2.24, 2.45) is 0 Å². The molecular weight excluding hydrogens is 204 g/mol. The molecule has 0 saturated carbocycles. The van der Waals surface area contributed by atoms with E-state index in [1.54, 1.807) is 7.11 Å². The molecule has 4 heteroatoms. The standard InChI is InChI=1S/C12H18N2O2/c1-13-7-9-8-16-12-5-4-10(15-3)6-11(12)14(9)2/h4-6,9,13H,7-8H2,1-3H3. The summed E-state index contributed by atoms with van der Waals surface area (Å²) in [6.07, 6.45) is 0. The summed E-state index contributed by atoms with van der Waals surface area (Å²) in [5.41, 5.74) is 1.09. The van der Waals surface area contributed by atoms with E-state index >= 15 is 0 Å². The van der Waals surface area contributed by atoms with Gasteiger partial charge in [0.1, 0.15) is 18.1 Å². The molecule has 1 aliphatic heterocycles. The highest BCUT2D eigenvalue weighted by Gasteiger charge is 2.24. The smallest absolute Gasteiger partial charge is 0.142 e. The van der Waals surface area contributed by atoms with Gasteiger partial charge >= 0.3 is 0 Å². The molecule has 1 unspecified atom stereocenters. The summed E-state index contributed by atoms with van der Waals surface area (Å²) in [5, 5.41) is 3.17. The molecule has 1 aromatic carbocycles. The van der Waals surface area contributed by atoms with E-state index in [1.165, 1.54) is 0 Å². The Hall–Kier alpha value is -1.42. The molecule has 88 valence electrons. The molecule has 1 N–H and O–H groups in total. The predicted molar refractivity (Wildman–Crippen MR) is 64.6 cm³/mol. The maximum atomic E-state index is 5.72. The fourth-order valence-electron chi connectivity index (χ4n) is 1.95. The van der Waals surface area contributed by atoms with E-state index in [0.29, 0.717) is 6.04 Å². The Kier molecular flexibility index (Phi) is 3.19. The molecule has 0 saturated heterocycles. The van der Waals surface area contributed by atoms with Gasteiger partial charge in [0, 0.05) is 19.7 Å². The lowest BCUT2D eigenvalue weighted by Gasteiger charge is -2.35. The Morgan fingerprint density at radius 2 is 2.38 bits per heavy atom. The zero-order chi connectivity index (χ0) is 11.5. The number of rotatable bonds is 3. The van der Waals surface area contributed by atoms with Gasteiger partial charge in [0.15, 0.2) is 0 Å². The summed E-state index contributed by atoms with van der Waals surface area (Å²) in [4.78, 5) is 2.23. The van der Waals surface area contributed by atoms with Crippen molar-refractivity contribution in [3.05, 3.63) is 18.2 Å². The fourth-order valence-corrected chi connectivity index (χ4v) is 1.95. The number of nitrogens with zero attached hydrogens (tertiary/aromatic N) is 1. The minimum absolute atomic E-state index is 0.365. The van der Waals surface area contributed by atoms with Gasteiger partial charge in [-0.2, -0.15) is 0 Å². The first-order valence-corrected chi connectivity index (χ1v) is 5.44. The van der Waals surface area contributed by atoms with Crippen LogP contribution in [0.15, 0.2) is 18.2 Å². The quantitative estimate of drug-likeness (QED) is 0.830. The van der Waals surface area contributed by atoms with E-state index < -0.39 is 0 Å². The van der Waals surface area contributed by atoms with Crippen LogP contribution in [-0.4, -0.2) is 40.4 Å². The highest BCUT2D eigenvalue weighted by atomic mass is 16.5. The van der Waals surface area contributed by atoms with Gasteiger partial charge in [-0.05, 0) is 19.2 Å². The summed E-state index contributed by atoms with van der Waals surface area (Å²) in [5.74, 6) is 1.79. The Labute approximate surface area is 96.2 Å². The molecule has 0 fully saturated rings. The molecule has 0 amide bonds. The summed E-state index contributed by atoms with van der Waals surface area (Å²) in [6.45, 7) is 1.63. The molecule has 1 atom stereocenters. The lowest BCUT2D eigenvalue weighted by Crippen LogP contribution is -2.46. The first-order chi connectivity index (χ1) is 7.76. The Bertz CT molecular complexity index is 368. The average Bonchev–Trinajstić information content (AvgIpc) is 2.33. The van der Waals surface area contributed by atoms with Gasteiger partial charge in [-0.15, -0.1) is 0 Å². The molecule has 4 nitrogen and oxygen atoms in total. The van der Waals surface area contributed by atoms with Crippen molar-refractivity contribution in [2.75, 3.05) is 39.3 Å². The minimum Gasteiger partial charge on any atom is -0.497 e. The van der Waals surface area contributed by atoms with E-state index in [2.05, 4.69) is 17.3 Å². The SMILES string of the molecule is CNCC1COc2ccc(OC)cc2N1C. The number of hydrogen-bond donors (Lipinski definition) is 1. The van der Waals surface area contributed by atoms with Crippen LogP contribution in [0.3, 0.4) is 0 Å². The van der Waals surface area contributed by atoms with E-state index in [0.717, 1.165) is 30.3 Å². The van der Waals surface area contributed by atoms with E-state index in [9.17, 15) is 0 Å². The van der Waals surface area contributed by atoms with Crippen molar-refractivity contribution in [2.45, 2.75) is 6.04 Å². The molecule has 1 aliphatic rings. The van der Waals surface area contributed by atoms with Crippen molar-refractivity contribution >= 4 is 5.69 Å². The van der Waals surface area contributed by atoms with E-state index in [-0.39, 0.29) is 0 Å². The van der Waals surface area contributed by atoms with Gasteiger partial charge in [-0.1, -0.05) is 0 Å². The molecule has 1 heterocycles. The second-order valence-corrected chi connectivity index (χ2v) is 3.97. The van der Waals surface area contributed by atoms with Crippen molar-refractivity contribution in [3.63, 3.8) is 0 Å². The topological polar surface area (TPSA) is 33.7 Å². The van der Waals surface area contributed by atoms with E-state index in [1.807, 2.05) is 25.2 Å². The van der Waals surface area contributed by atoms with Gasteiger partial charge in [0.25, 0.3) is 0 Å². The number of fused-ring (bicyclic) bond motifs is 1. The highest BCUT2D eigenvalue weighted by molar-refractivity contribution is 5.63. The highest BCUT2D eigenvalue weighted by Crippen LogP contribution is 2.35. The number of nitrogens with one attached hydrogen (secondary N) is 1. The molecule has 0 aliphatic carbocycles. The van der Waals surface area contributed by atoms with Crippen LogP contribution in [-0.2, 0) is 0 Å². The molecule has 16 heavy (non-hydrogen) atoms. The van der Waals surface area contributed by atoms with Crippen LogP contribution in [0.2, 0.25) is 0 Å². The molecule has 0 aromatic heterocycles. The average molecular weight is 222 g/mol. The van der Waals surface area contributed by atoms with Gasteiger partial charge < -0.3 is 19.7 Å². The molecule has 0 radical (unpaired) electrons. The lowest BCUT2D eigenvalue weighted by atomic mass is 10.1. The Morgan fingerprint density at radius 3 is 3.06 bits per heavy atom.